The molecule has 9 rings (SSSR count). The second-order valence-corrected chi connectivity index (χ2v) is 20.1. The summed E-state index contributed by atoms with van der Waals surface area (Å²) >= 11 is 0. The van der Waals surface area contributed by atoms with E-state index in [1.54, 1.807) is 0 Å². The molecule has 0 amide bonds. The number of hydrogen-bond acceptors (Lipinski definition) is 12. The Bertz CT molecular complexity index is 2530. The van der Waals surface area contributed by atoms with E-state index >= 15 is 19.2 Å². The van der Waals surface area contributed by atoms with Crippen molar-refractivity contribution in [2.45, 2.75) is 76.5 Å². The molecule has 1 aliphatic rings. The SMILES string of the molecule is O=C1OC[C@H](N(Cc2ccccc2)Cc2ccccc2)C(=O)OC[C@H](N(Cc2ccccc2)Cc2ccccc2)C(=O)OC[C@@H](N(Cc2ccccc2)Cc2ccccc2)C(=O)OC[C@H]1N(Cc1ccccc1)Cc1ccccc1. The Hall–Kier alpha value is -8.52. The number of rotatable bonds is 20. The first-order valence-corrected chi connectivity index (χ1v) is 27.3. The minimum Gasteiger partial charge on any atom is -0.462 e. The van der Waals surface area contributed by atoms with E-state index in [4.69, 9.17) is 18.9 Å². The van der Waals surface area contributed by atoms with Crippen LogP contribution < -0.4 is 0 Å². The molecule has 1 fully saturated rings. The maximum Gasteiger partial charge on any atom is 0.327 e. The van der Waals surface area contributed by atoms with Gasteiger partial charge in [-0.15, -0.1) is 0 Å². The Morgan fingerprint density at radius 2 is 0.350 bits per heavy atom. The number of cyclic esters (lactones) is 4. The second kappa shape index (κ2) is 29.5. The predicted molar refractivity (Wildman–Crippen MR) is 308 cm³/mol. The summed E-state index contributed by atoms with van der Waals surface area (Å²) in [7, 11) is 0. The topological polar surface area (TPSA) is 118 Å². The van der Waals surface area contributed by atoms with Crippen LogP contribution in [0.4, 0.5) is 0 Å². The van der Waals surface area contributed by atoms with Crippen molar-refractivity contribution in [3.8, 4) is 0 Å². The summed E-state index contributed by atoms with van der Waals surface area (Å²) in [6, 6.07) is 73.4. The molecule has 8 aromatic rings. The molecule has 12 nitrogen and oxygen atoms in total. The standard InChI is InChI=1S/C68H68N4O8/c73-65-61(69(41-53-25-9-1-10-26-53)42-54-27-11-2-12-28-54)49-77-66(74)63(71(45-57-33-17-5-18-34-57)46-58-35-19-6-20-36-58)51-79-68(76)64(72(47-59-37-21-7-22-38-59)48-60-39-23-8-24-40-60)52-80-67(75)62(50-78-65)70(43-55-29-13-3-14-30-55)44-56-31-15-4-16-32-56/h1-40,61-64H,41-52H2/t61-,62-,63+,64+. The summed E-state index contributed by atoms with van der Waals surface area (Å²) in [6.45, 7) is 0.560. The molecule has 1 aliphatic heterocycles. The Morgan fingerprint density at radius 1 is 0.225 bits per heavy atom. The van der Waals surface area contributed by atoms with Gasteiger partial charge in [0.1, 0.15) is 50.6 Å². The first kappa shape index (κ1) is 56.2. The average Bonchev–Trinajstić information content (AvgIpc) is 3.49. The van der Waals surface area contributed by atoms with Crippen LogP contribution in [0.2, 0.25) is 0 Å². The molecule has 80 heavy (non-hydrogen) atoms. The van der Waals surface area contributed by atoms with Crippen LogP contribution in [0.15, 0.2) is 243 Å². The van der Waals surface area contributed by atoms with Crippen LogP contribution in [0.3, 0.4) is 0 Å². The minimum absolute atomic E-state index is 0.283. The third-order valence-corrected chi connectivity index (χ3v) is 14.2. The number of ether oxygens (including phenoxy) is 4. The molecule has 0 saturated carbocycles. The van der Waals surface area contributed by atoms with Gasteiger partial charge in [-0.25, -0.2) is 0 Å². The number of carbonyl (C=O) groups is 4. The largest absolute Gasteiger partial charge is 0.462 e. The van der Waals surface area contributed by atoms with Gasteiger partial charge in [0.15, 0.2) is 0 Å². The lowest BCUT2D eigenvalue weighted by Gasteiger charge is -2.35. The van der Waals surface area contributed by atoms with Gasteiger partial charge in [-0.1, -0.05) is 243 Å². The van der Waals surface area contributed by atoms with Gasteiger partial charge in [0.25, 0.3) is 0 Å². The second-order valence-electron chi connectivity index (χ2n) is 20.1. The fourth-order valence-corrected chi connectivity index (χ4v) is 9.97. The molecule has 1 saturated heterocycles. The van der Waals surface area contributed by atoms with Gasteiger partial charge in [0, 0.05) is 52.4 Å². The number of hydrogen-bond donors (Lipinski definition) is 0. The van der Waals surface area contributed by atoms with Gasteiger partial charge < -0.3 is 18.9 Å². The predicted octanol–water partition coefficient (Wildman–Crippen LogP) is 10.5. The highest BCUT2D eigenvalue weighted by molar-refractivity contribution is 5.82. The van der Waals surface area contributed by atoms with Crippen molar-refractivity contribution in [1.29, 1.82) is 0 Å². The Labute approximate surface area is 469 Å². The maximum atomic E-state index is 15.3. The smallest absolute Gasteiger partial charge is 0.327 e. The zero-order chi connectivity index (χ0) is 55.1. The van der Waals surface area contributed by atoms with Crippen LogP contribution in [0.5, 0.6) is 0 Å². The van der Waals surface area contributed by atoms with Gasteiger partial charge in [-0.3, -0.25) is 38.8 Å². The quantitative estimate of drug-likeness (QED) is 0.0534. The Morgan fingerprint density at radius 3 is 0.475 bits per heavy atom. The summed E-state index contributed by atoms with van der Waals surface area (Å²) in [5, 5.41) is 0. The van der Waals surface area contributed by atoms with Crippen LogP contribution in [0.25, 0.3) is 0 Å². The van der Waals surface area contributed by atoms with Crippen molar-refractivity contribution >= 4 is 23.9 Å². The molecule has 0 radical (unpaired) electrons. The number of carbonyl (C=O) groups excluding carboxylic acids is 4. The lowest BCUT2D eigenvalue weighted by atomic mass is 10.1. The summed E-state index contributed by atoms with van der Waals surface area (Å²) in [5.74, 6) is -2.79. The van der Waals surface area contributed by atoms with Gasteiger partial charge >= 0.3 is 23.9 Å². The minimum atomic E-state index is -1.17. The number of benzene rings is 8. The van der Waals surface area contributed by atoms with Crippen molar-refractivity contribution in [3.63, 3.8) is 0 Å². The van der Waals surface area contributed by atoms with Crippen molar-refractivity contribution < 1.29 is 38.1 Å². The third-order valence-electron chi connectivity index (χ3n) is 14.2. The highest BCUT2D eigenvalue weighted by Gasteiger charge is 2.39. The molecular formula is C68H68N4O8. The average molecular weight is 1070 g/mol. The summed E-state index contributed by atoms with van der Waals surface area (Å²) in [5.41, 5.74) is 7.32. The highest BCUT2D eigenvalue weighted by atomic mass is 16.6. The van der Waals surface area contributed by atoms with Gasteiger partial charge in [0.05, 0.1) is 0 Å². The molecule has 0 aliphatic carbocycles. The first-order valence-electron chi connectivity index (χ1n) is 27.3. The third kappa shape index (κ3) is 16.7. The van der Waals surface area contributed by atoms with Crippen LogP contribution in [0, 0.1) is 0 Å². The molecule has 0 N–H and O–H groups in total. The van der Waals surface area contributed by atoms with Gasteiger partial charge in [0.2, 0.25) is 0 Å². The molecule has 0 bridgehead atoms. The molecule has 1 heterocycles. The fraction of sp³-hybridized carbons (Fsp3) is 0.235. The van der Waals surface area contributed by atoms with Crippen LogP contribution >= 0.6 is 0 Å². The van der Waals surface area contributed by atoms with E-state index in [2.05, 4.69) is 0 Å². The van der Waals surface area contributed by atoms with Crippen molar-refractivity contribution in [2.75, 3.05) is 26.4 Å². The Kier molecular flexibility index (Phi) is 20.7. The maximum absolute atomic E-state index is 15.3. The van der Waals surface area contributed by atoms with Crippen LogP contribution in [-0.4, -0.2) is 94.1 Å². The summed E-state index contributed by atoms with van der Waals surface area (Å²) in [4.78, 5) is 69.1. The van der Waals surface area contributed by atoms with Crippen molar-refractivity contribution in [2.24, 2.45) is 0 Å². The number of nitrogens with zero attached hydrogens (tertiary/aromatic N) is 4. The van der Waals surface area contributed by atoms with Gasteiger partial charge in [-0.05, 0) is 44.5 Å². The molecule has 0 aromatic heterocycles. The monoisotopic (exact) mass is 1070 g/mol. The zero-order valence-electron chi connectivity index (χ0n) is 44.9. The zero-order valence-corrected chi connectivity index (χ0v) is 44.9. The summed E-state index contributed by atoms with van der Waals surface area (Å²) < 4.78 is 25.8. The van der Waals surface area contributed by atoms with Crippen molar-refractivity contribution in [3.05, 3.63) is 287 Å². The number of esters is 4. The molecule has 12 heteroatoms. The lowest BCUT2D eigenvalue weighted by Crippen LogP contribution is -2.52. The Balaban J connectivity index is 1.14. The molecular weight excluding hydrogens is 1000 g/mol. The van der Waals surface area contributed by atoms with E-state index in [0.717, 1.165) is 44.5 Å². The molecule has 8 aromatic carbocycles. The molecule has 0 spiro atoms. The van der Waals surface area contributed by atoms with E-state index in [0.29, 0.717) is 0 Å². The van der Waals surface area contributed by atoms with E-state index < -0.39 is 74.5 Å². The lowest BCUT2D eigenvalue weighted by molar-refractivity contribution is -0.170. The highest BCUT2D eigenvalue weighted by Crippen LogP contribution is 2.23. The van der Waals surface area contributed by atoms with Crippen LogP contribution in [-0.2, 0) is 90.5 Å². The van der Waals surface area contributed by atoms with Gasteiger partial charge in [-0.2, -0.15) is 0 Å². The van der Waals surface area contributed by atoms with E-state index in [1.165, 1.54) is 0 Å². The molecule has 0 unspecified atom stereocenters. The van der Waals surface area contributed by atoms with Crippen LogP contribution in [0.1, 0.15) is 44.5 Å². The van der Waals surface area contributed by atoms with E-state index in [-0.39, 0.29) is 52.4 Å². The van der Waals surface area contributed by atoms with Crippen molar-refractivity contribution in [1.82, 2.24) is 19.6 Å². The normalized spacial score (nSPS) is 17.6. The van der Waals surface area contributed by atoms with E-state index in [1.807, 2.05) is 262 Å². The molecule has 408 valence electrons. The first-order chi connectivity index (χ1) is 39.3. The summed E-state index contributed by atoms with van der Waals surface area (Å²) in [6.07, 6.45) is 0. The fourth-order valence-electron chi connectivity index (χ4n) is 9.97. The van der Waals surface area contributed by atoms with E-state index in [9.17, 15) is 0 Å². The molecule has 4 atom stereocenters.